The maximum atomic E-state index is 13.3. The van der Waals surface area contributed by atoms with Gasteiger partial charge >= 0.3 is 0 Å². The number of likely N-dealkylation sites (N-methyl/N-ethyl adjacent to an activating group) is 1. The zero-order valence-corrected chi connectivity index (χ0v) is 17.9. The van der Waals surface area contributed by atoms with Crippen molar-refractivity contribution in [3.8, 4) is 17.6 Å². The monoisotopic (exact) mass is 410 g/mol. The van der Waals surface area contributed by atoms with Gasteiger partial charge in [0.2, 0.25) is 10.0 Å². The fraction of sp³-hybridized carbons (Fsp3) is 0.600. The highest BCUT2D eigenvalue weighted by molar-refractivity contribution is 7.89. The molecule has 0 aromatic heterocycles. The highest BCUT2D eigenvalue weighted by Gasteiger charge is 2.37. The van der Waals surface area contributed by atoms with Crippen LogP contribution in [0, 0.1) is 17.8 Å². The smallest absolute Gasteiger partial charge is 0.247 e. The van der Waals surface area contributed by atoms with Crippen LogP contribution in [0.15, 0.2) is 23.1 Å². The van der Waals surface area contributed by atoms with Gasteiger partial charge in [-0.2, -0.15) is 4.31 Å². The summed E-state index contributed by atoms with van der Waals surface area (Å²) in [5.74, 6) is 5.70. The number of fused-ring (bicyclic) bond motifs is 1. The van der Waals surface area contributed by atoms with Crippen molar-refractivity contribution in [2.45, 2.75) is 50.3 Å². The molecule has 0 saturated carbocycles. The van der Waals surface area contributed by atoms with E-state index in [0.29, 0.717) is 12.1 Å². The second kappa shape index (κ2) is 8.80. The van der Waals surface area contributed by atoms with Crippen LogP contribution < -0.4 is 10.1 Å². The summed E-state index contributed by atoms with van der Waals surface area (Å²) in [7, 11) is -2.04. The topological polar surface area (TPSA) is 99.1 Å². The van der Waals surface area contributed by atoms with Crippen molar-refractivity contribution < 1.29 is 23.4 Å². The number of sulfonamides is 1. The normalized spacial score (nSPS) is 23.4. The maximum Gasteiger partial charge on any atom is 0.247 e. The first kappa shape index (κ1) is 22.7. The van der Waals surface area contributed by atoms with E-state index in [2.05, 4.69) is 17.2 Å². The number of ether oxygens (including phenoxy) is 1. The Balaban J connectivity index is 2.61. The number of hydrogen-bond donors (Lipinski definition) is 3. The van der Waals surface area contributed by atoms with Crippen molar-refractivity contribution in [2.75, 3.05) is 26.7 Å². The molecule has 2 rings (SSSR count). The lowest BCUT2D eigenvalue weighted by Crippen LogP contribution is -2.49. The quantitative estimate of drug-likeness (QED) is 0.635. The van der Waals surface area contributed by atoms with Crippen LogP contribution in [0.3, 0.4) is 0 Å². The molecular weight excluding hydrogens is 380 g/mol. The molecule has 3 atom stereocenters. The molecule has 0 fully saturated rings. The third-order valence-corrected chi connectivity index (χ3v) is 6.60. The van der Waals surface area contributed by atoms with Gasteiger partial charge in [-0.1, -0.05) is 18.8 Å². The average molecular weight is 411 g/mol. The van der Waals surface area contributed by atoms with Crippen LogP contribution in [0.25, 0.3) is 0 Å². The van der Waals surface area contributed by atoms with E-state index < -0.39 is 21.7 Å². The van der Waals surface area contributed by atoms with Gasteiger partial charge in [0.15, 0.2) is 0 Å². The summed E-state index contributed by atoms with van der Waals surface area (Å²) in [6.45, 7) is 7.28. The summed E-state index contributed by atoms with van der Waals surface area (Å²) in [4.78, 5) is 0.0506. The molecule has 1 heterocycles. The summed E-state index contributed by atoms with van der Waals surface area (Å²) in [5.41, 5.74) is -0.609. The molecular formula is C20H30N2O5S. The lowest BCUT2D eigenvalue weighted by Gasteiger charge is -2.36. The van der Waals surface area contributed by atoms with Crippen molar-refractivity contribution in [3.05, 3.63) is 23.8 Å². The zero-order valence-electron chi connectivity index (χ0n) is 17.1. The number of nitrogens with one attached hydrogen (secondary N) is 1. The summed E-state index contributed by atoms with van der Waals surface area (Å²) >= 11 is 0. The molecule has 3 N–H and O–H groups in total. The SMILES string of the molecule is CNC[C@@H]1Oc2cc(C#CC(C)(C)O)ccc2S(=O)(=O)N([C@H](C)CO)C[C@H]1C. The van der Waals surface area contributed by atoms with E-state index >= 15 is 0 Å². The van der Waals surface area contributed by atoms with E-state index in [9.17, 15) is 18.6 Å². The van der Waals surface area contributed by atoms with Crippen molar-refractivity contribution in [1.29, 1.82) is 0 Å². The maximum absolute atomic E-state index is 13.3. The second-order valence-electron chi connectivity index (χ2n) is 7.77. The molecule has 1 aliphatic rings. The van der Waals surface area contributed by atoms with Crippen LogP contribution in [-0.4, -0.2) is 67.4 Å². The lowest BCUT2D eigenvalue weighted by atomic mass is 10.0. The number of hydrogen-bond acceptors (Lipinski definition) is 6. The fourth-order valence-electron chi connectivity index (χ4n) is 2.97. The van der Waals surface area contributed by atoms with E-state index in [-0.39, 0.29) is 35.8 Å². The van der Waals surface area contributed by atoms with Crippen LogP contribution in [0.4, 0.5) is 0 Å². The van der Waals surface area contributed by atoms with Crippen LogP contribution in [0.5, 0.6) is 5.75 Å². The molecule has 0 saturated heterocycles. The molecule has 8 heteroatoms. The summed E-state index contributed by atoms with van der Waals surface area (Å²) in [6, 6.07) is 4.11. The van der Waals surface area contributed by atoms with Crippen LogP contribution >= 0.6 is 0 Å². The fourth-order valence-corrected chi connectivity index (χ4v) is 4.80. The first-order chi connectivity index (χ1) is 13.0. The Morgan fingerprint density at radius 2 is 2.11 bits per heavy atom. The molecule has 0 radical (unpaired) electrons. The van der Waals surface area contributed by atoms with Gasteiger partial charge in [0.05, 0.1) is 6.61 Å². The summed E-state index contributed by atoms with van der Waals surface area (Å²) < 4.78 is 34.0. The van der Waals surface area contributed by atoms with Crippen LogP contribution in [0.2, 0.25) is 0 Å². The lowest BCUT2D eigenvalue weighted by molar-refractivity contribution is 0.103. The molecule has 0 spiro atoms. The van der Waals surface area contributed by atoms with Gasteiger partial charge < -0.3 is 20.3 Å². The van der Waals surface area contributed by atoms with Gasteiger partial charge in [0, 0.05) is 30.6 Å². The predicted molar refractivity (Wildman–Crippen MR) is 108 cm³/mol. The Morgan fingerprint density at radius 3 is 2.68 bits per heavy atom. The number of aliphatic hydroxyl groups excluding tert-OH is 1. The molecule has 156 valence electrons. The van der Waals surface area contributed by atoms with Crippen molar-refractivity contribution in [3.63, 3.8) is 0 Å². The third kappa shape index (κ3) is 5.25. The summed E-state index contributed by atoms with van der Waals surface area (Å²) in [6.07, 6.45) is -0.259. The van der Waals surface area contributed by atoms with Crippen molar-refractivity contribution in [2.24, 2.45) is 5.92 Å². The number of nitrogens with zero attached hydrogens (tertiary/aromatic N) is 1. The zero-order chi connectivity index (χ0) is 21.1. The van der Waals surface area contributed by atoms with E-state index in [4.69, 9.17) is 4.74 Å². The Labute approximate surface area is 167 Å². The Morgan fingerprint density at radius 1 is 1.43 bits per heavy atom. The van der Waals surface area contributed by atoms with Crippen LogP contribution in [-0.2, 0) is 10.0 Å². The third-order valence-electron chi connectivity index (χ3n) is 4.59. The molecule has 1 aromatic rings. The highest BCUT2D eigenvalue weighted by Crippen LogP contribution is 2.33. The Hall–Kier alpha value is -1.63. The average Bonchev–Trinajstić information content (AvgIpc) is 2.61. The molecule has 7 nitrogen and oxygen atoms in total. The van der Waals surface area contributed by atoms with Gasteiger partial charge in [0.1, 0.15) is 22.4 Å². The van der Waals surface area contributed by atoms with Crippen molar-refractivity contribution >= 4 is 10.0 Å². The molecule has 0 unspecified atom stereocenters. The number of aliphatic hydroxyl groups is 2. The van der Waals surface area contributed by atoms with Gasteiger partial charge in [-0.05, 0) is 46.0 Å². The molecule has 0 bridgehead atoms. The molecule has 0 amide bonds. The molecule has 1 aliphatic heterocycles. The Bertz CT molecular complexity index is 852. The van der Waals surface area contributed by atoms with Gasteiger partial charge in [-0.15, -0.1) is 0 Å². The van der Waals surface area contributed by atoms with E-state index in [1.54, 1.807) is 32.9 Å². The first-order valence-electron chi connectivity index (χ1n) is 9.33. The molecule has 0 aliphatic carbocycles. The van der Waals surface area contributed by atoms with E-state index in [1.165, 1.54) is 10.4 Å². The van der Waals surface area contributed by atoms with Gasteiger partial charge in [-0.3, -0.25) is 0 Å². The molecule has 28 heavy (non-hydrogen) atoms. The minimum Gasteiger partial charge on any atom is -0.487 e. The highest BCUT2D eigenvalue weighted by atomic mass is 32.2. The predicted octanol–water partition coefficient (Wildman–Crippen LogP) is 0.797. The Kier molecular flexibility index (Phi) is 7.12. The minimum atomic E-state index is -3.86. The second-order valence-corrected chi connectivity index (χ2v) is 9.63. The van der Waals surface area contributed by atoms with Gasteiger partial charge in [0.25, 0.3) is 0 Å². The van der Waals surface area contributed by atoms with E-state index in [0.717, 1.165) is 0 Å². The van der Waals surface area contributed by atoms with Gasteiger partial charge in [-0.25, -0.2) is 8.42 Å². The van der Waals surface area contributed by atoms with Crippen molar-refractivity contribution in [1.82, 2.24) is 9.62 Å². The minimum absolute atomic E-state index is 0.0506. The molecule has 1 aromatic carbocycles. The largest absolute Gasteiger partial charge is 0.487 e. The van der Waals surface area contributed by atoms with E-state index in [1.807, 2.05) is 14.0 Å². The first-order valence-corrected chi connectivity index (χ1v) is 10.8. The number of benzene rings is 1. The summed E-state index contributed by atoms with van der Waals surface area (Å²) in [5, 5.41) is 22.5. The van der Waals surface area contributed by atoms with Crippen LogP contribution in [0.1, 0.15) is 33.3 Å². The number of rotatable bonds is 4. The standard InChI is InChI=1S/C20H30N2O5S/c1-14-12-22(15(2)13-23)28(25,26)19-7-6-16(8-9-20(3,4)24)10-17(19)27-18(14)11-21-5/h6-7,10,14-15,18,21,23-24H,11-13H2,1-5H3/t14-,15-,18+/m1/s1.